The van der Waals surface area contributed by atoms with Gasteiger partial charge < -0.3 is 4.74 Å². The van der Waals surface area contributed by atoms with Crippen LogP contribution in [-0.4, -0.2) is 13.1 Å². The topological polar surface area (TPSA) is 26.3 Å². The van der Waals surface area contributed by atoms with Crippen molar-refractivity contribution in [1.29, 1.82) is 0 Å². The van der Waals surface area contributed by atoms with E-state index in [0.717, 1.165) is 23.1 Å². The molecule has 3 heteroatoms. The third-order valence-corrected chi connectivity index (χ3v) is 7.27. The molecule has 2 fully saturated rings. The second-order valence-electron chi connectivity index (χ2n) is 8.90. The molecule has 0 aromatic heterocycles. The molecule has 2 aliphatic carbocycles. The fourth-order valence-electron chi connectivity index (χ4n) is 5.79. The monoisotopic (exact) mass is 382 g/mol. The average molecular weight is 383 g/mol. The van der Waals surface area contributed by atoms with Gasteiger partial charge in [0.15, 0.2) is 0 Å². The Morgan fingerprint density at radius 3 is 2.64 bits per heavy atom. The van der Waals surface area contributed by atoms with Crippen molar-refractivity contribution in [3.05, 3.63) is 47.3 Å². The summed E-state index contributed by atoms with van der Waals surface area (Å²) in [4.78, 5) is 11.7. The highest BCUT2D eigenvalue weighted by Crippen LogP contribution is 2.48. The van der Waals surface area contributed by atoms with Crippen LogP contribution in [0.1, 0.15) is 80.1 Å². The molecule has 2 saturated carbocycles. The zero-order valence-electron chi connectivity index (χ0n) is 17.0. The summed E-state index contributed by atoms with van der Waals surface area (Å²) in [7, 11) is 1.28. The summed E-state index contributed by atoms with van der Waals surface area (Å²) in [5.74, 6) is 2.21. The Bertz CT molecular complexity index is 859. The van der Waals surface area contributed by atoms with Crippen LogP contribution in [0, 0.1) is 23.6 Å². The number of carbonyl (C=O) groups is 1. The maximum absolute atomic E-state index is 14.7. The third-order valence-electron chi connectivity index (χ3n) is 7.27. The van der Waals surface area contributed by atoms with Gasteiger partial charge in [0.2, 0.25) is 0 Å². The molecule has 0 bridgehead atoms. The Hall–Kier alpha value is -1.90. The van der Waals surface area contributed by atoms with Crippen LogP contribution < -0.4 is 0 Å². The van der Waals surface area contributed by atoms with E-state index in [0.29, 0.717) is 11.3 Å². The molecule has 0 aliphatic heterocycles. The van der Waals surface area contributed by atoms with E-state index in [1.807, 2.05) is 12.1 Å². The van der Waals surface area contributed by atoms with E-state index >= 15 is 0 Å². The lowest BCUT2D eigenvalue weighted by Crippen LogP contribution is -2.30. The van der Waals surface area contributed by atoms with Crippen LogP contribution in [0.4, 0.5) is 4.39 Å². The van der Waals surface area contributed by atoms with Crippen molar-refractivity contribution in [3.8, 4) is 0 Å². The van der Waals surface area contributed by atoms with Crippen LogP contribution in [0.15, 0.2) is 30.3 Å². The molecule has 0 saturated heterocycles. The van der Waals surface area contributed by atoms with Gasteiger partial charge in [-0.3, -0.25) is 0 Å². The van der Waals surface area contributed by atoms with Gasteiger partial charge in [-0.1, -0.05) is 50.5 Å². The van der Waals surface area contributed by atoms with E-state index in [2.05, 4.69) is 23.8 Å². The number of rotatable bonds is 4. The molecule has 4 rings (SSSR count). The van der Waals surface area contributed by atoms with Crippen LogP contribution >= 0.6 is 0 Å². The van der Waals surface area contributed by atoms with Crippen LogP contribution in [0.25, 0.3) is 10.8 Å². The Morgan fingerprint density at radius 1 is 1.07 bits per heavy atom. The van der Waals surface area contributed by atoms with Gasteiger partial charge in [-0.2, -0.15) is 0 Å². The summed E-state index contributed by atoms with van der Waals surface area (Å²) < 4.78 is 19.4. The molecule has 2 aromatic carbocycles. The van der Waals surface area contributed by atoms with E-state index < -0.39 is 11.8 Å². The molecule has 2 aromatic rings. The van der Waals surface area contributed by atoms with Gasteiger partial charge in [-0.25, -0.2) is 9.18 Å². The molecule has 0 radical (unpaired) electrons. The lowest BCUT2D eigenvalue weighted by atomic mass is 9.63. The first-order valence-corrected chi connectivity index (χ1v) is 10.9. The first-order chi connectivity index (χ1) is 13.6. The third kappa shape index (κ3) is 3.68. The number of methoxy groups -OCH3 is 1. The molecule has 28 heavy (non-hydrogen) atoms. The van der Waals surface area contributed by atoms with Crippen molar-refractivity contribution in [2.75, 3.05) is 7.11 Å². The zero-order chi connectivity index (χ0) is 19.7. The quantitative estimate of drug-likeness (QED) is 0.540. The Balaban J connectivity index is 1.52. The highest BCUT2D eigenvalue weighted by molar-refractivity contribution is 5.96. The normalized spacial score (nSPS) is 27.4. The van der Waals surface area contributed by atoms with Crippen LogP contribution in [0.2, 0.25) is 0 Å². The first-order valence-electron chi connectivity index (χ1n) is 10.9. The van der Waals surface area contributed by atoms with E-state index in [9.17, 15) is 9.18 Å². The molecule has 0 heterocycles. The lowest BCUT2D eigenvalue weighted by Gasteiger charge is -2.42. The summed E-state index contributed by atoms with van der Waals surface area (Å²) in [5.41, 5.74) is 1.33. The van der Waals surface area contributed by atoms with Gasteiger partial charge >= 0.3 is 5.97 Å². The van der Waals surface area contributed by atoms with Crippen molar-refractivity contribution in [2.24, 2.45) is 17.8 Å². The maximum Gasteiger partial charge on any atom is 0.340 e. The Kier molecular flexibility index (Phi) is 5.70. The molecule has 4 unspecified atom stereocenters. The number of benzene rings is 2. The maximum atomic E-state index is 14.7. The molecule has 2 aliphatic rings. The van der Waals surface area contributed by atoms with Crippen molar-refractivity contribution in [1.82, 2.24) is 0 Å². The number of hydrogen-bond donors (Lipinski definition) is 0. The van der Waals surface area contributed by atoms with E-state index in [-0.39, 0.29) is 5.56 Å². The molecule has 4 atom stereocenters. The Morgan fingerprint density at radius 2 is 1.86 bits per heavy atom. The predicted molar refractivity (Wildman–Crippen MR) is 111 cm³/mol. The van der Waals surface area contributed by atoms with Crippen molar-refractivity contribution < 1.29 is 13.9 Å². The summed E-state index contributed by atoms with van der Waals surface area (Å²) >= 11 is 0. The van der Waals surface area contributed by atoms with Gasteiger partial charge in [-0.05, 0) is 72.8 Å². The minimum atomic E-state index is -0.625. The van der Waals surface area contributed by atoms with Crippen molar-refractivity contribution in [2.45, 2.75) is 64.2 Å². The SMILES string of the molecule is CCCC1CCC2CC(c3ccc4c(F)c(C(=O)OC)ccc4c3)CCC2C1. The van der Waals surface area contributed by atoms with Crippen molar-refractivity contribution >= 4 is 16.7 Å². The average Bonchev–Trinajstić information content (AvgIpc) is 2.73. The fraction of sp³-hybridized carbons (Fsp3) is 0.560. The molecule has 0 spiro atoms. The molecular weight excluding hydrogens is 351 g/mol. The number of hydrogen-bond acceptors (Lipinski definition) is 2. The minimum absolute atomic E-state index is 0.00657. The highest BCUT2D eigenvalue weighted by Gasteiger charge is 2.35. The summed E-state index contributed by atoms with van der Waals surface area (Å²) in [6, 6.07) is 9.43. The second kappa shape index (κ2) is 8.23. The molecule has 150 valence electrons. The van der Waals surface area contributed by atoms with Gasteiger partial charge in [0, 0.05) is 5.39 Å². The van der Waals surface area contributed by atoms with Crippen LogP contribution in [-0.2, 0) is 4.74 Å². The van der Waals surface area contributed by atoms with Gasteiger partial charge in [-0.15, -0.1) is 0 Å². The zero-order valence-corrected chi connectivity index (χ0v) is 17.0. The molecule has 2 nitrogen and oxygen atoms in total. The minimum Gasteiger partial charge on any atom is -0.465 e. The fourth-order valence-corrected chi connectivity index (χ4v) is 5.79. The predicted octanol–water partition coefficient (Wildman–Crippen LogP) is 6.87. The molecule has 0 N–H and O–H groups in total. The number of halogens is 1. The molecular formula is C25H31FO2. The smallest absolute Gasteiger partial charge is 0.340 e. The van der Waals surface area contributed by atoms with Crippen molar-refractivity contribution in [3.63, 3.8) is 0 Å². The van der Waals surface area contributed by atoms with Gasteiger partial charge in [0.05, 0.1) is 12.7 Å². The van der Waals surface area contributed by atoms with Crippen LogP contribution in [0.5, 0.6) is 0 Å². The summed E-state index contributed by atoms with van der Waals surface area (Å²) in [5, 5.41) is 1.37. The van der Waals surface area contributed by atoms with Crippen LogP contribution in [0.3, 0.4) is 0 Å². The summed E-state index contributed by atoms with van der Waals surface area (Å²) in [6.45, 7) is 2.31. The standard InChI is InChI=1S/C25H31FO2/c1-3-4-16-5-6-18-14-19(8-7-17(18)13-16)20-9-11-22-21(15-20)10-12-23(24(22)26)25(27)28-2/h9-12,15-19H,3-8,13-14H2,1-2H3. The number of carbonyl (C=O) groups excluding carboxylic acids is 1. The lowest BCUT2D eigenvalue weighted by molar-refractivity contribution is 0.0596. The molecule has 0 amide bonds. The largest absolute Gasteiger partial charge is 0.465 e. The van der Waals surface area contributed by atoms with E-state index in [1.165, 1.54) is 64.0 Å². The van der Waals surface area contributed by atoms with E-state index in [4.69, 9.17) is 0 Å². The van der Waals surface area contributed by atoms with Gasteiger partial charge in [0.1, 0.15) is 5.82 Å². The van der Waals surface area contributed by atoms with Gasteiger partial charge in [0.25, 0.3) is 0 Å². The number of fused-ring (bicyclic) bond motifs is 2. The van der Waals surface area contributed by atoms with E-state index in [1.54, 1.807) is 6.07 Å². The number of esters is 1. The first kappa shape index (κ1) is 19.4. The number of ether oxygens (including phenoxy) is 1. The second-order valence-corrected chi connectivity index (χ2v) is 8.90. The highest BCUT2D eigenvalue weighted by atomic mass is 19.1. The Labute approximate surface area is 167 Å². The summed E-state index contributed by atoms with van der Waals surface area (Å²) in [6.07, 6.45) is 10.8.